The summed E-state index contributed by atoms with van der Waals surface area (Å²) >= 11 is 0. The topological polar surface area (TPSA) is 141 Å². The summed E-state index contributed by atoms with van der Waals surface area (Å²) in [4.78, 5) is 38.4. The largest absolute Gasteiger partial charge is 0.497 e. The summed E-state index contributed by atoms with van der Waals surface area (Å²) in [6.45, 7) is 1.71. The third-order valence-electron chi connectivity index (χ3n) is 9.28. The highest BCUT2D eigenvalue weighted by atomic mass is 16.6. The van der Waals surface area contributed by atoms with E-state index in [9.17, 15) is 14.7 Å². The summed E-state index contributed by atoms with van der Waals surface area (Å²) < 4.78 is 26.1. The summed E-state index contributed by atoms with van der Waals surface area (Å²) in [6.07, 6.45) is 4.08. The number of nitrogens with zero attached hydrogens (tertiary/aromatic N) is 4. The molecular formula is C36H35N5O7. The van der Waals surface area contributed by atoms with E-state index in [-0.39, 0.29) is 13.2 Å². The Balaban J connectivity index is 1.37. The molecule has 2 aliphatic rings. The van der Waals surface area contributed by atoms with E-state index in [1.165, 1.54) is 10.8 Å². The number of benzene rings is 3. The van der Waals surface area contributed by atoms with Gasteiger partial charge in [-0.25, -0.2) is 9.78 Å². The van der Waals surface area contributed by atoms with E-state index in [2.05, 4.69) is 15.0 Å². The zero-order chi connectivity index (χ0) is 33.5. The van der Waals surface area contributed by atoms with Crippen molar-refractivity contribution >= 4 is 5.82 Å². The summed E-state index contributed by atoms with van der Waals surface area (Å²) in [7, 11) is 3.23. The van der Waals surface area contributed by atoms with Crippen LogP contribution in [0.2, 0.25) is 0 Å². The number of hydrogen-bond donors (Lipinski definition) is 2. The van der Waals surface area contributed by atoms with Crippen molar-refractivity contribution in [2.45, 2.75) is 36.5 Å². The lowest BCUT2D eigenvalue weighted by atomic mass is 9.79. The maximum Gasteiger partial charge on any atom is 0.330 e. The van der Waals surface area contributed by atoms with E-state index in [1.807, 2.05) is 83.8 Å². The average molecular weight is 650 g/mol. The molecular weight excluding hydrogens is 614 g/mol. The Labute approximate surface area is 276 Å². The molecule has 3 aromatic carbocycles. The predicted molar refractivity (Wildman–Crippen MR) is 176 cm³/mol. The van der Waals surface area contributed by atoms with Gasteiger partial charge >= 0.3 is 5.69 Å². The summed E-state index contributed by atoms with van der Waals surface area (Å²) in [5.74, 6) is 1.88. The van der Waals surface area contributed by atoms with Crippen molar-refractivity contribution in [2.24, 2.45) is 0 Å². The van der Waals surface area contributed by atoms with Crippen LogP contribution < -0.4 is 25.6 Å². The second-order valence-electron chi connectivity index (χ2n) is 12.0. The van der Waals surface area contributed by atoms with Crippen LogP contribution in [-0.2, 0) is 15.1 Å². The van der Waals surface area contributed by atoms with Crippen molar-refractivity contribution in [1.29, 1.82) is 0 Å². The number of nitrogens with one attached hydrogen (secondary N) is 1. The molecule has 2 N–H and O–H groups in total. The number of hydrogen-bond acceptors (Lipinski definition) is 10. The smallest absolute Gasteiger partial charge is 0.330 e. The minimum absolute atomic E-state index is 0.0953. The Morgan fingerprint density at radius 1 is 0.938 bits per heavy atom. The van der Waals surface area contributed by atoms with E-state index < -0.39 is 40.8 Å². The number of anilines is 1. The summed E-state index contributed by atoms with van der Waals surface area (Å²) in [5, 5.41) is 12.1. The van der Waals surface area contributed by atoms with E-state index in [1.54, 1.807) is 39.7 Å². The van der Waals surface area contributed by atoms with Crippen molar-refractivity contribution in [3.8, 4) is 11.5 Å². The number of aliphatic hydroxyl groups excluding tert-OH is 1. The molecule has 0 saturated carbocycles. The molecule has 0 amide bonds. The Bertz CT molecular complexity index is 1950. The fraction of sp³-hybridized carbons (Fsp3) is 0.278. The molecule has 48 heavy (non-hydrogen) atoms. The molecule has 12 nitrogen and oxygen atoms in total. The lowest BCUT2D eigenvalue weighted by Gasteiger charge is -2.41. The third kappa shape index (κ3) is 5.14. The average Bonchev–Trinajstić information content (AvgIpc) is 3.57. The lowest BCUT2D eigenvalue weighted by molar-refractivity contribution is -0.159. The monoisotopic (exact) mass is 649 g/mol. The van der Waals surface area contributed by atoms with E-state index in [4.69, 9.17) is 18.9 Å². The molecule has 2 bridgehead atoms. The fourth-order valence-electron chi connectivity index (χ4n) is 6.84. The van der Waals surface area contributed by atoms with Crippen LogP contribution in [0.15, 0.2) is 113 Å². The van der Waals surface area contributed by atoms with Gasteiger partial charge in [-0.1, -0.05) is 54.6 Å². The van der Waals surface area contributed by atoms with Crippen molar-refractivity contribution in [1.82, 2.24) is 19.5 Å². The first-order chi connectivity index (χ1) is 23.3. The standard InChI is InChI=1S/C36H35N5O7/c1-23-20-40(34(44)39-32(23)43)33-30-31(42)35(48-33,21-41(30)29-19-37-17-18-38-29)22-47-36(24-7-5-4-6-8-24,25-9-13-27(45-2)14-10-25)26-11-15-28(46-3)16-12-26/h4-20,30-31,33,42H,21-22H2,1-3H3,(H,39,43,44)/t30-,31+,33-,35-/m1/s1. The third-order valence-corrected chi connectivity index (χ3v) is 9.28. The first-order valence-electron chi connectivity index (χ1n) is 15.5. The summed E-state index contributed by atoms with van der Waals surface area (Å²) in [6, 6.07) is 24.4. The molecule has 0 aliphatic carbocycles. The Kier molecular flexibility index (Phi) is 8.07. The van der Waals surface area contributed by atoms with Gasteiger partial charge in [0.2, 0.25) is 0 Å². The zero-order valence-corrected chi connectivity index (χ0v) is 26.6. The maximum atomic E-state index is 13.1. The molecule has 4 atom stereocenters. The van der Waals surface area contributed by atoms with Gasteiger partial charge in [-0.15, -0.1) is 0 Å². The van der Waals surface area contributed by atoms with Gasteiger partial charge in [-0.3, -0.25) is 19.3 Å². The Hall–Kier alpha value is -5.30. The van der Waals surface area contributed by atoms with Crippen LogP contribution >= 0.6 is 0 Å². The molecule has 12 heteroatoms. The predicted octanol–water partition coefficient (Wildman–Crippen LogP) is 3.18. The molecule has 0 spiro atoms. The van der Waals surface area contributed by atoms with Crippen LogP contribution in [0.5, 0.6) is 11.5 Å². The van der Waals surface area contributed by atoms with Gasteiger partial charge in [0.15, 0.2) is 6.23 Å². The first kappa shape index (κ1) is 31.3. The first-order valence-corrected chi connectivity index (χ1v) is 15.5. The summed E-state index contributed by atoms with van der Waals surface area (Å²) in [5.41, 5.74) is -0.856. The van der Waals surface area contributed by atoms with Crippen LogP contribution in [0.25, 0.3) is 0 Å². The van der Waals surface area contributed by atoms with Crippen molar-refractivity contribution in [3.63, 3.8) is 0 Å². The maximum absolute atomic E-state index is 13.1. The molecule has 7 rings (SSSR count). The molecule has 2 saturated heterocycles. The van der Waals surface area contributed by atoms with E-state index in [0.29, 0.717) is 22.9 Å². The van der Waals surface area contributed by atoms with Crippen LogP contribution in [0.3, 0.4) is 0 Å². The minimum Gasteiger partial charge on any atom is -0.497 e. The fourth-order valence-corrected chi connectivity index (χ4v) is 6.84. The minimum atomic E-state index is -1.32. The molecule has 0 radical (unpaired) electrons. The number of morpholine rings is 1. The normalized spacial score (nSPS) is 21.8. The molecule has 4 heterocycles. The van der Waals surface area contributed by atoms with Gasteiger partial charge < -0.3 is 29.0 Å². The zero-order valence-electron chi connectivity index (χ0n) is 26.6. The van der Waals surface area contributed by atoms with Crippen LogP contribution in [-0.4, -0.2) is 69.7 Å². The van der Waals surface area contributed by atoms with Crippen LogP contribution in [0.1, 0.15) is 28.5 Å². The second-order valence-corrected chi connectivity index (χ2v) is 12.0. The van der Waals surface area contributed by atoms with Gasteiger partial charge in [0.1, 0.15) is 40.7 Å². The van der Waals surface area contributed by atoms with Gasteiger partial charge in [-0.2, -0.15) is 0 Å². The van der Waals surface area contributed by atoms with Crippen LogP contribution in [0.4, 0.5) is 5.82 Å². The number of fused-ring (bicyclic) bond motifs is 2. The van der Waals surface area contributed by atoms with Crippen molar-refractivity contribution in [2.75, 3.05) is 32.3 Å². The number of rotatable bonds is 10. The van der Waals surface area contributed by atoms with Gasteiger partial charge in [0.05, 0.1) is 33.6 Å². The van der Waals surface area contributed by atoms with Gasteiger partial charge in [0.25, 0.3) is 5.56 Å². The van der Waals surface area contributed by atoms with Crippen molar-refractivity contribution < 1.29 is 24.1 Å². The molecule has 246 valence electrons. The number of aromatic nitrogens is 4. The SMILES string of the molecule is COc1ccc(C(OC[C@@]23CN(c4cnccn4)[C@@H]([C@H](n4cc(C)c(=O)[nH]c4=O)O2)[C@@H]3O)(c2ccccc2)c2ccc(OC)cc2)cc1. The highest BCUT2D eigenvalue weighted by molar-refractivity contribution is 5.50. The van der Waals surface area contributed by atoms with Crippen LogP contribution in [0, 0.1) is 6.92 Å². The Morgan fingerprint density at radius 2 is 1.56 bits per heavy atom. The van der Waals surface area contributed by atoms with Gasteiger partial charge in [-0.05, 0) is 47.9 Å². The highest BCUT2D eigenvalue weighted by Gasteiger charge is 2.65. The number of H-pyrrole nitrogens is 1. The number of methoxy groups -OCH3 is 2. The highest BCUT2D eigenvalue weighted by Crippen LogP contribution is 2.50. The number of ether oxygens (including phenoxy) is 4. The molecule has 2 aliphatic heterocycles. The lowest BCUT2D eigenvalue weighted by Crippen LogP contribution is -2.52. The van der Waals surface area contributed by atoms with E-state index in [0.717, 1.165) is 16.7 Å². The molecule has 5 aromatic rings. The van der Waals surface area contributed by atoms with E-state index >= 15 is 0 Å². The molecule has 0 unspecified atom stereocenters. The molecule has 2 aromatic heterocycles. The molecule has 2 fully saturated rings. The number of aliphatic hydroxyl groups is 1. The number of aromatic amines is 1. The quantitative estimate of drug-likeness (QED) is 0.217. The second kappa shape index (κ2) is 12.4. The Morgan fingerprint density at radius 3 is 2.15 bits per heavy atom. The van der Waals surface area contributed by atoms with Crippen molar-refractivity contribution in [3.05, 3.63) is 147 Å². The van der Waals surface area contributed by atoms with Gasteiger partial charge in [0, 0.05) is 24.2 Å². The number of aryl methyl sites for hydroxylation is 1.